The Morgan fingerprint density at radius 3 is 2.19 bits per heavy atom. The van der Waals surface area contributed by atoms with Crippen LogP contribution in [-0.2, 0) is 6.42 Å². The van der Waals surface area contributed by atoms with E-state index in [1.807, 2.05) is 12.1 Å². The third-order valence-electron chi connectivity index (χ3n) is 2.85. The highest BCUT2D eigenvalue weighted by Crippen LogP contribution is 2.23. The van der Waals surface area contributed by atoms with Crippen LogP contribution in [0.5, 0.6) is 0 Å². The molecule has 0 saturated carbocycles. The molecule has 0 fully saturated rings. The highest BCUT2D eigenvalue weighted by molar-refractivity contribution is 6.30. The van der Waals surface area contributed by atoms with Crippen molar-refractivity contribution in [3.63, 3.8) is 0 Å². The maximum atomic E-state index is 5.88. The van der Waals surface area contributed by atoms with Crippen LogP contribution in [0.1, 0.15) is 33.3 Å². The monoisotopic (exact) mass is 239 g/mol. The normalized spacial score (nSPS) is 13.8. The SMILES string of the molecule is CCNC(Cc1ccc(Cl)cc1)C(C)(C)C. The van der Waals surface area contributed by atoms with Crippen molar-refractivity contribution < 1.29 is 0 Å². The zero-order valence-corrected chi connectivity index (χ0v) is 11.4. The van der Waals surface area contributed by atoms with Crippen molar-refractivity contribution >= 4 is 11.6 Å². The summed E-state index contributed by atoms with van der Waals surface area (Å²) in [6.07, 6.45) is 1.05. The van der Waals surface area contributed by atoms with Gasteiger partial charge >= 0.3 is 0 Å². The number of nitrogens with one attached hydrogen (secondary N) is 1. The number of hydrogen-bond acceptors (Lipinski definition) is 1. The third-order valence-corrected chi connectivity index (χ3v) is 3.10. The average Bonchev–Trinajstić information content (AvgIpc) is 2.19. The molecule has 0 aliphatic rings. The van der Waals surface area contributed by atoms with Gasteiger partial charge in [-0.15, -0.1) is 0 Å². The van der Waals surface area contributed by atoms with Crippen LogP contribution < -0.4 is 5.32 Å². The summed E-state index contributed by atoms with van der Waals surface area (Å²) >= 11 is 5.88. The Balaban J connectivity index is 2.72. The van der Waals surface area contributed by atoms with Gasteiger partial charge in [0, 0.05) is 11.1 Å². The van der Waals surface area contributed by atoms with Crippen LogP contribution >= 0.6 is 11.6 Å². The number of halogens is 1. The largest absolute Gasteiger partial charge is 0.313 e. The van der Waals surface area contributed by atoms with Crippen LogP contribution in [0.15, 0.2) is 24.3 Å². The molecule has 1 atom stereocenters. The van der Waals surface area contributed by atoms with E-state index in [0.29, 0.717) is 6.04 Å². The van der Waals surface area contributed by atoms with Crippen LogP contribution in [-0.4, -0.2) is 12.6 Å². The summed E-state index contributed by atoms with van der Waals surface area (Å²) in [5, 5.41) is 4.36. The van der Waals surface area contributed by atoms with Gasteiger partial charge < -0.3 is 5.32 Å². The number of hydrogen-bond donors (Lipinski definition) is 1. The van der Waals surface area contributed by atoms with Crippen LogP contribution in [0.4, 0.5) is 0 Å². The molecule has 0 spiro atoms. The van der Waals surface area contributed by atoms with E-state index in [9.17, 15) is 0 Å². The first-order valence-corrected chi connectivity index (χ1v) is 6.29. The van der Waals surface area contributed by atoms with E-state index in [4.69, 9.17) is 11.6 Å². The van der Waals surface area contributed by atoms with Gasteiger partial charge in [0.05, 0.1) is 0 Å². The number of likely N-dealkylation sites (N-methyl/N-ethyl adjacent to an activating group) is 1. The Hall–Kier alpha value is -0.530. The predicted molar refractivity (Wildman–Crippen MR) is 72.1 cm³/mol. The van der Waals surface area contributed by atoms with Gasteiger partial charge in [-0.25, -0.2) is 0 Å². The Labute approximate surface area is 104 Å². The molecule has 1 aromatic carbocycles. The van der Waals surface area contributed by atoms with Crippen LogP contribution in [0.25, 0.3) is 0 Å². The van der Waals surface area contributed by atoms with E-state index in [2.05, 4.69) is 45.1 Å². The van der Waals surface area contributed by atoms with Crippen LogP contribution in [0, 0.1) is 5.41 Å². The van der Waals surface area contributed by atoms with E-state index in [0.717, 1.165) is 18.0 Å². The Morgan fingerprint density at radius 2 is 1.75 bits per heavy atom. The summed E-state index contributed by atoms with van der Waals surface area (Å²) in [6, 6.07) is 8.64. The molecule has 0 heterocycles. The Bertz CT molecular complexity index is 311. The predicted octanol–water partition coefficient (Wildman–Crippen LogP) is 3.91. The fourth-order valence-corrected chi connectivity index (χ4v) is 1.91. The van der Waals surface area contributed by atoms with Crippen LogP contribution in [0.2, 0.25) is 5.02 Å². The van der Waals surface area contributed by atoms with E-state index >= 15 is 0 Å². The zero-order valence-electron chi connectivity index (χ0n) is 10.7. The second-order valence-electron chi connectivity index (χ2n) is 5.31. The summed E-state index contributed by atoms with van der Waals surface area (Å²) < 4.78 is 0. The van der Waals surface area contributed by atoms with Gasteiger partial charge in [-0.2, -0.15) is 0 Å². The van der Waals surface area contributed by atoms with Gasteiger partial charge in [0.1, 0.15) is 0 Å². The molecule has 1 N–H and O–H groups in total. The molecule has 1 nitrogen and oxygen atoms in total. The highest BCUT2D eigenvalue weighted by atomic mass is 35.5. The second-order valence-corrected chi connectivity index (χ2v) is 5.74. The van der Waals surface area contributed by atoms with Crippen molar-refractivity contribution in [2.45, 2.75) is 40.2 Å². The molecule has 0 radical (unpaired) electrons. The lowest BCUT2D eigenvalue weighted by atomic mass is 9.83. The van der Waals surface area contributed by atoms with Gasteiger partial charge in [0.2, 0.25) is 0 Å². The lowest BCUT2D eigenvalue weighted by molar-refractivity contribution is 0.270. The molecule has 0 aliphatic carbocycles. The van der Waals surface area contributed by atoms with Crippen molar-refractivity contribution in [1.82, 2.24) is 5.32 Å². The quantitative estimate of drug-likeness (QED) is 0.840. The van der Waals surface area contributed by atoms with E-state index in [1.54, 1.807) is 0 Å². The molecule has 1 aromatic rings. The summed E-state index contributed by atoms with van der Waals surface area (Å²) in [5.74, 6) is 0. The minimum atomic E-state index is 0.273. The molecular formula is C14H22ClN. The molecule has 90 valence electrons. The second kappa shape index (κ2) is 5.70. The summed E-state index contributed by atoms with van der Waals surface area (Å²) in [7, 11) is 0. The number of rotatable bonds is 4. The molecule has 16 heavy (non-hydrogen) atoms. The van der Waals surface area contributed by atoms with Crippen molar-refractivity contribution in [1.29, 1.82) is 0 Å². The lowest BCUT2D eigenvalue weighted by Gasteiger charge is -2.31. The topological polar surface area (TPSA) is 12.0 Å². The van der Waals surface area contributed by atoms with Crippen LogP contribution in [0.3, 0.4) is 0 Å². The minimum Gasteiger partial charge on any atom is -0.313 e. The molecule has 0 amide bonds. The molecule has 2 heteroatoms. The fraction of sp³-hybridized carbons (Fsp3) is 0.571. The smallest absolute Gasteiger partial charge is 0.0406 e. The fourth-order valence-electron chi connectivity index (χ4n) is 1.79. The third kappa shape index (κ3) is 4.15. The Morgan fingerprint density at radius 1 is 1.19 bits per heavy atom. The van der Waals surface area contributed by atoms with E-state index < -0.39 is 0 Å². The van der Waals surface area contributed by atoms with Gasteiger partial charge in [-0.1, -0.05) is 51.4 Å². The summed E-state index contributed by atoms with van der Waals surface area (Å²) in [6.45, 7) is 9.98. The maximum absolute atomic E-state index is 5.88. The Kier molecular flexibility index (Phi) is 4.82. The van der Waals surface area contributed by atoms with E-state index in [1.165, 1.54) is 5.56 Å². The van der Waals surface area contributed by atoms with Crippen molar-refractivity contribution in [3.05, 3.63) is 34.9 Å². The van der Waals surface area contributed by atoms with Crippen molar-refractivity contribution in [2.24, 2.45) is 5.41 Å². The first-order chi connectivity index (χ1) is 7.43. The highest BCUT2D eigenvalue weighted by Gasteiger charge is 2.23. The lowest BCUT2D eigenvalue weighted by Crippen LogP contribution is -2.41. The summed E-state index contributed by atoms with van der Waals surface area (Å²) in [5.41, 5.74) is 1.61. The number of benzene rings is 1. The molecule has 0 saturated heterocycles. The summed E-state index contributed by atoms with van der Waals surface area (Å²) in [4.78, 5) is 0. The zero-order chi connectivity index (χ0) is 12.2. The standard InChI is InChI=1S/C14H22ClN/c1-5-16-13(14(2,3)4)10-11-6-8-12(15)9-7-11/h6-9,13,16H,5,10H2,1-4H3. The van der Waals surface area contributed by atoms with E-state index in [-0.39, 0.29) is 5.41 Å². The molecule has 1 unspecified atom stereocenters. The molecule has 0 aliphatic heterocycles. The molecule has 0 bridgehead atoms. The first-order valence-electron chi connectivity index (χ1n) is 5.91. The van der Waals surface area contributed by atoms with Gasteiger partial charge in [-0.05, 0) is 36.1 Å². The average molecular weight is 240 g/mol. The first kappa shape index (κ1) is 13.5. The maximum Gasteiger partial charge on any atom is 0.0406 e. The minimum absolute atomic E-state index is 0.273. The van der Waals surface area contributed by atoms with Crippen molar-refractivity contribution in [2.75, 3.05) is 6.54 Å². The van der Waals surface area contributed by atoms with Gasteiger partial charge in [0.25, 0.3) is 0 Å². The van der Waals surface area contributed by atoms with Crippen molar-refractivity contribution in [3.8, 4) is 0 Å². The van der Waals surface area contributed by atoms with Gasteiger partial charge in [0.15, 0.2) is 0 Å². The molecule has 0 aromatic heterocycles. The van der Waals surface area contributed by atoms with Gasteiger partial charge in [-0.3, -0.25) is 0 Å². The molecular weight excluding hydrogens is 218 g/mol. The molecule has 1 rings (SSSR count).